The second-order valence-electron chi connectivity index (χ2n) is 4.69. The van der Waals surface area contributed by atoms with Crippen molar-refractivity contribution in [2.75, 3.05) is 13.6 Å². The Balaban J connectivity index is 2.43. The summed E-state index contributed by atoms with van der Waals surface area (Å²) in [6.07, 6.45) is 3.59. The number of benzene rings is 1. The van der Waals surface area contributed by atoms with E-state index in [1.807, 2.05) is 30.1 Å². The third-order valence-electron chi connectivity index (χ3n) is 3.35. The van der Waals surface area contributed by atoms with E-state index < -0.39 is 0 Å². The van der Waals surface area contributed by atoms with Crippen LogP contribution in [-0.4, -0.2) is 24.4 Å². The minimum absolute atomic E-state index is 0.133. The van der Waals surface area contributed by atoms with Gasteiger partial charge in [-0.15, -0.1) is 0 Å². The molecular formula is C15H24N2O. The summed E-state index contributed by atoms with van der Waals surface area (Å²) in [6, 6.07) is 10.3. The van der Waals surface area contributed by atoms with Crippen LogP contribution in [0.2, 0.25) is 0 Å². The summed E-state index contributed by atoms with van der Waals surface area (Å²) in [4.78, 5) is 13.8. The van der Waals surface area contributed by atoms with Gasteiger partial charge in [-0.05, 0) is 31.9 Å². The number of carbonyl (C=O) groups excluding carboxylic acids is 1. The van der Waals surface area contributed by atoms with Crippen LogP contribution >= 0.6 is 0 Å². The van der Waals surface area contributed by atoms with Crippen molar-refractivity contribution in [3.05, 3.63) is 35.9 Å². The second-order valence-corrected chi connectivity index (χ2v) is 4.69. The average Bonchev–Trinajstić information content (AvgIpc) is 2.42. The fourth-order valence-corrected chi connectivity index (χ4v) is 1.94. The first-order chi connectivity index (χ1) is 8.66. The van der Waals surface area contributed by atoms with Crippen LogP contribution in [0.15, 0.2) is 30.3 Å². The molecule has 0 radical (unpaired) electrons. The predicted octanol–water partition coefficient (Wildman–Crippen LogP) is 2.73. The van der Waals surface area contributed by atoms with Gasteiger partial charge in [0.15, 0.2) is 0 Å². The lowest BCUT2D eigenvalue weighted by Gasteiger charge is -2.25. The van der Waals surface area contributed by atoms with Gasteiger partial charge in [0.25, 0.3) is 0 Å². The molecule has 1 amide bonds. The quantitative estimate of drug-likeness (QED) is 0.754. The van der Waals surface area contributed by atoms with Gasteiger partial charge in [-0.25, -0.2) is 0 Å². The van der Waals surface area contributed by atoms with Gasteiger partial charge < -0.3 is 10.6 Å². The highest BCUT2D eigenvalue weighted by Crippen LogP contribution is 2.19. The Hall–Kier alpha value is -1.35. The fourth-order valence-electron chi connectivity index (χ4n) is 1.94. The first-order valence-corrected chi connectivity index (χ1v) is 6.67. The molecule has 18 heavy (non-hydrogen) atoms. The van der Waals surface area contributed by atoms with E-state index in [0.29, 0.717) is 13.0 Å². The van der Waals surface area contributed by atoms with Crippen molar-refractivity contribution in [3.8, 4) is 0 Å². The molecule has 1 aromatic rings. The zero-order chi connectivity index (χ0) is 13.4. The lowest BCUT2D eigenvalue weighted by molar-refractivity contribution is -0.131. The van der Waals surface area contributed by atoms with Gasteiger partial charge in [0.1, 0.15) is 0 Å². The van der Waals surface area contributed by atoms with Crippen molar-refractivity contribution in [2.45, 2.75) is 38.6 Å². The zero-order valence-electron chi connectivity index (χ0n) is 11.4. The van der Waals surface area contributed by atoms with Crippen LogP contribution in [0, 0.1) is 0 Å². The molecule has 2 N–H and O–H groups in total. The van der Waals surface area contributed by atoms with E-state index in [0.717, 1.165) is 19.3 Å². The van der Waals surface area contributed by atoms with Gasteiger partial charge in [0.05, 0.1) is 6.04 Å². The number of hydrogen-bond acceptors (Lipinski definition) is 2. The molecule has 0 aliphatic heterocycles. The van der Waals surface area contributed by atoms with Crippen molar-refractivity contribution in [1.29, 1.82) is 0 Å². The molecule has 0 spiro atoms. The van der Waals surface area contributed by atoms with E-state index in [-0.39, 0.29) is 11.9 Å². The van der Waals surface area contributed by atoms with Crippen LogP contribution in [-0.2, 0) is 4.79 Å². The number of hydrogen-bond donors (Lipinski definition) is 1. The largest absolute Gasteiger partial charge is 0.339 e. The van der Waals surface area contributed by atoms with Crippen molar-refractivity contribution >= 4 is 5.91 Å². The summed E-state index contributed by atoms with van der Waals surface area (Å²) < 4.78 is 0. The maximum atomic E-state index is 12.0. The van der Waals surface area contributed by atoms with Crippen LogP contribution in [0.5, 0.6) is 0 Å². The Morgan fingerprint density at radius 3 is 2.50 bits per heavy atom. The lowest BCUT2D eigenvalue weighted by Crippen LogP contribution is -2.29. The zero-order valence-corrected chi connectivity index (χ0v) is 11.4. The van der Waals surface area contributed by atoms with E-state index in [1.54, 1.807) is 0 Å². The Morgan fingerprint density at radius 1 is 1.22 bits per heavy atom. The maximum absolute atomic E-state index is 12.0. The van der Waals surface area contributed by atoms with Crippen LogP contribution in [0.4, 0.5) is 0 Å². The number of rotatable bonds is 7. The summed E-state index contributed by atoms with van der Waals surface area (Å²) in [6.45, 7) is 2.78. The second kappa shape index (κ2) is 7.88. The number of nitrogens with zero attached hydrogens (tertiary/aromatic N) is 1. The van der Waals surface area contributed by atoms with E-state index >= 15 is 0 Å². The molecule has 0 fully saturated rings. The fraction of sp³-hybridized carbons (Fsp3) is 0.533. The number of carbonyl (C=O) groups is 1. The molecule has 0 aliphatic carbocycles. The molecule has 1 atom stereocenters. The Morgan fingerprint density at radius 2 is 1.89 bits per heavy atom. The number of amides is 1. The molecule has 100 valence electrons. The van der Waals surface area contributed by atoms with Gasteiger partial charge in [0.2, 0.25) is 5.91 Å². The van der Waals surface area contributed by atoms with Crippen LogP contribution in [0.3, 0.4) is 0 Å². The first-order valence-electron chi connectivity index (χ1n) is 6.67. The van der Waals surface area contributed by atoms with Crippen molar-refractivity contribution in [1.82, 2.24) is 4.90 Å². The number of unbranched alkanes of at least 4 members (excludes halogenated alkanes) is 2. The van der Waals surface area contributed by atoms with E-state index in [4.69, 9.17) is 5.73 Å². The summed E-state index contributed by atoms with van der Waals surface area (Å²) >= 11 is 0. The molecule has 3 heteroatoms. The third-order valence-corrected chi connectivity index (χ3v) is 3.35. The first kappa shape index (κ1) is 14.7. The highest BCUT2D eigenvalue weighted by Gasteiger charge is 2.16. The maximum Gasteiger partial charge on any atom is 0.222 e. The van der Waals surface area contributed by atoms with Crippen LogP contribution in [0.25, 0.3) is 0 Å². The van der Waals surface area contributed by atoms with E-state index in [9.17, 15) is 4.79 Å². The molecule has 0 aliphatic rings. The predicted molar refractivity (Wildman–Crippen MR) is 75.1 cm³/mol. The molecule has 0 heterocycles. The van der Waals surface area contributed by atoms with Crippen LogP contribution in [0.1, 0.15) is 44.2 Å². The highest BCUT2D eigenvalue weighted by molar-refractivity contribution is 5.76. The molecule has 1 aromatic carbocycles. The summed E-state index contributed by atoms with van der Waals surface area (Å²) in [5.74, 6) is 0.211. The Bertz CT molecular complexity index is 351. The third kappa shape index (κ3) is 4.49. The highest BCUT2D eigenvalue weighted by atomic mass is 16.2. The molecule has 0 saturated carbocycles. The molecule has 0 aromatic heterocycles. The van der Waals surface area contributed by atoms with Gasteiger partial charge in [-0.2, -0.15) is 0 Å². The van der Waals surface area contributed by atoms with Gasteiger partial charge in [0, 0.05) is 13.5 Å². The standard InChI is InChI=1S/C15H24N2O/c1-13(14-9-5-3-6-10-14)17(2)15(18)11-7-4-8-12-16/h3,5-6,9-10,13H,4,7-8,11-12,16H2,1-2H3. The van der Waals surface area contributed by atoms with E-state index in [1.165, 1.54) is 5.56 Å². The molecule has 0 saturated heterocycles. The van der Waals surface area contributed by atoms with Crippen molar-refractivity contribution < 1.29 is 4.79 Å². The molecule has 1 unspecified atom stereocenters. The minimum Gasteiger partial charge on any atom is -0.339 e. The Labute approximate surface area is 110 Å². The summed E-state index contributed by atoms with van der Waals surface area (Å²) in [5.41, 5.74) is 6.61. The van der Waals surface area contributed by atoms with Gasteiger partial charge in [-0.3, -0.25) is 4.79 Å². The molecule has 3 nitrogen and oxygen atoms in total. The van der Waals surface area contributed by atoms with Gasteiger partial charge in [-0.1, -0.05) is 36.8 Å². The lowest BCUT2D eigenvalue weighted by atomic mass is 10.1. The van der Waals surface area contributed by atoms with Gasteiger partial charge >= 0.3 is 0 Å². The molecule has 1 rings (SSSR count). The summed E-state index contributed by atoms with van der Waals surface area (Å²) in [7, 11) is 1.88. The van der Waals surface area contributed by atoms with Crippen LogP contribution < -0.4 is 5.73 Å². The normalized spacial score (nSPS) is 12.2. The summed E-state index contributed by atoms with van der Waals surface area (Å²) in [5, 5.41) is 0. The smallest absolute Gasteiger partial charge is 0.222 e. The topological polar surface area (TPSA) is 46.3 Å². The minimum atomic E-state index is 0.133. The van der Waals surface area contributed by atoms with Crippen molar-refractivity contribution in [3.63, 3.8) is 0 Å². The SMILES string of the molecule is CC(c1ccccc1)N(C)C(=O)CCCCCN. The Kier molecular flexibility index (Phi) is 6.44. The van der Waals surface area contributed by atoms with Crippen molar-refractivity contribution in [2.24, 2.45) is 5.73 Å². The monoisotopic (exact) mass is 248 g/mol. The molecule has 0 bridgehead atoms. The number of nitrogens with two attached hydrogens (primary N) is 1. The van der Waals surface area contributed by atoms with E-state index in [2.05, 4.69) is 19.1 Å². The molecular weight excluding hydrogens is 224 g/mol. The average molecular weight is 248 g/mol.